The van der Waals surface area contributed by atoms with E-state index in [2.05, 4.69) is 6.58 Å². The number of carbonyl (C=O) groups excluding carboxylic acids is 2. The number of benzene rings is 3. The summed E-state index contributed by atoms with van der Waals surface area (Å²) in [5, 5.41) is 0.0292. The van der Waals surface area contributed by atoms with Gasteiger partial charge < -0.3 is 33.0 Å². The van der Waals surface area contributed by atoms with Crippen LogP contribution >= 0.6 is 7.14 Å². The van der Waals surface area contributed by atoms with Gasteiger partial charge in [0.25, 0.3) is 0 Å². The smallest absolute Gasteiger partial charge is 0.249 e. The summed E-state index contributed by atoms with van der Waals surface area (Å²) in [7, 11) is 0.905. The second-order valence-electron chi connectivity index (χ2n) is 8.38. The normalized spacial score (nSPS) is 11.0. The summed E-state index contributed by atoms with van der Waals surface area (Å²) in [6.07, 6.45) is 1.65. The summed E-state index contributed by atoms with van der Waals surface area (Å²) < 4.78 is 47.5. The van der Waals surface area contributed by atoms with Gasteiger partial charge in [-0.15, -0.1) is 6.58 Å². The monoisotopic (exact) mass is 568 g/mol. The van der Waals surface area contributed by atoms with Crippen LogP contribution in [0.1, 0.15) is 26.3 Å². The van der Waals surface area contributed by atoms with Crippen LogP contribution in [-0.4, -0.2) is 59.3 Å². The van der Waals surface area contributed by atoms with Gasteiger partial charge in [-0.05, 0) is 29.8 Å². The minimum absolute atomic E-state index is 0.0292. The maximum absolute atomic E-state index is 15.0. The third-order valence-corrected chi connectivity index (χ3v) is 8.65. The molecule has 0 saturated heterocycles. The fourth-order valence-electron chi connectivity index (χ4n) is 4.04. The first kappa shape index (κ1) is 30.6. The van der Waals surface area contributed by atoms with Gasteiger partial charge in [0.05, 0.1) is 54.9 Å². The van der Waals surface area contributed by atoms with E-state index >= 15 is 0 Å². The summed E-state index contributed by atoms with van der Waals surface area (Å²) in [6.45, 7) is 5.05. The van der Waals surface area contributed by atoms with Crippen LogP contribution in [0.25, 0.3) is 0 Å². The lowest BCUT2D eigenvalue weighted by atomic mass is 10.2. The fraction of sp³-hybridized carbons (Fsp3) is 0.267. The maximum atomic E-state index is 15.0. The molecule has 0 fully saturated rings. The summed E-state index contributed by atoms with van der Waals surface area (Å²) in [5.74, 6) is 0.474. The fourth-order valence-corrected chi connectivity index (χ4v) is 6.34. The van der Waals surface area contributed by atoms with Crippen molar-refractivity contribution in [3.8, 4) is 23.0 Å². The van der Waals surface area contributed by atoms with Crippen molar-refractivity contribution < 1.29 is 42.6 Å². The molecule has 0 aliphatic carbocycles. The maximum Gasteiger partial charge on any atom is 0.249 e. The number of hydrogen-bond donors (Lipinski definition) is 0. The Hall–Kier alpha value is -3.91. The van der Waals surface area contributed by atoms with E-state index < -0.39 is 18.2 Å². The molecule has 0 N–H and O–H groups in total. The number of rotatable bonds is 16. The van der Waals surface area contributed by atoms with Gasteiger partial charge in [0.1, 0.15) is 34.1 Å². The zero-order chi connectivity index (χ0) is 29.1. The van der Waals surface area contributed by atoms with Crippen LogP contribution in [0.5, 0.6) is 23.0 Å². The molecule has 0 aliphatic rings. The largest absolute Gasteiger partial charge is 0.496 e. The number of methoxy groups -OCH3 is 4. The van der Waals surface area contributed by atoms with Gasteiger partial charge in [-0.3, -0.25) is 9.59 Å². The van der Waals surface area contributed by atoms with Crippen molar-refractivity contribution in [3.63, 3.8) is 0 Å². The number of carbonyl (C=O) groups is 2. The highest BCUT2D eigenvalue weighted by Crippen LogP contribution is 2.55. The van der Waals surface area contributed by atoms with Gasteiger partial charge in [-0.1, -0.05) is 42.5 Å². The van der Waals surface area contributed by atoms with Crippen molar-refractivity contribution in [1.29, 1.82) is 0 Å². The predicted octanol–water partition coefficient (Wildman–Crippen LogP) is 5.11. The molecule has 0 heterocycles. The molecule has 0 atom stereocenters. The molecule has 212 valence electrons. The van der Waals surface area contributed by atoms with Gasteiger partial charge in [0.2, 0.25) is 18.2 Å². The molecule has 40 heavy (non-hydrogen) atoms. The summed E-state index contributed by atoms with van der Waals surface area (Å²) in [4.78, 5) is 28.5. The molecular formula is C30H33O9P. The predicted molar refractivity (Wildman–Crippen MR) is 152 cm³/mol. The number of ether oxygens (including phenoxy) is 6. The van der Waals surface area contributed by atoms with Crippen molar-refractivity contribution in [2.45, 2.75) is 6.61 Å². The summed E-state index contributed by atoms with van der Waals surface area (Å²) in [5.41, 5.74) is -1.34. The summed E-state index contributed by atoms with van der Waals surface area (Å²) >= 11 is 0. The molecule has 0 aliphatic heterocycles. The molecule has 3 aromatic rings. The molecule has 0 radical (unpaired) electrons. The average Bonchev–Trinajstić information content (AvgIpc) is 3.00. The Kier molecular flexibility index (Phi) is 11.1. The highest BCUT2D eigenvalue weighted by atomic mass is 31.2. The Morgan fingerprint density at radius 3 is 1.52 bits per heavy atom. The minimum Gasteiger partial charge on any atom is -0.496 e. The van der Waals surface area contributed by atoms with E-state index in [1.54, 1.807) is 30.3 Å². The van der Waals surface area contributed by atoms with E-state index in [4.69, 9.17) is 28.4 Å². The Balaban J connectivity index is 2.11. The van der Waals surface area contributed by atoms with Crippen LogP contribution < -0.4 is 24.3 Å². The van der Waals surface area contributed by atoms with E-state index in [9.17, 15) is 14.2 Å². The Bertz CT molecular complexity index is 1270. The van der Waals surface area contributed by atoms with Crippen LogP contribution in [0.2, 0.25) is 0 Å². The molecule has 3 rings (SSSR count). The molecule has 10 heteroatoms. The van der Waals surface area contributed by atoms with Crippen LogP contribution in [0, 0.1) is 0 Å². The molecule has 0 saturated carbocycles. The summed E-state index contributed by atoms with van der Waals surface area (Å²) in [6, 6.07) is 15.7. The Morgan fingerprint density at radius 2 is 1.12 bits per heavy atom. The molecular weight excluding hydrogens is 535 g/mol. The molecule has 0 amide bonds. The van der Waals surface area contributed by atoms with E-state index in [-0.39, 0.29) is 46.0 Å². The van der Waals surface area contributed by atoms with Crippen LogP contribution in [-0.2, 0) is 20.6 Å². The lowest BCUT2D eigenvalue weighted by molar-refractivity contribution is 0.0505. The quantitative estimate of drug-likeness (QED) is 0.132. The van der Waals surface area contributed by atoms with Crippen LogP contribution in [0.4, 0.5) is 0 Å². The lowest BCUT2D eigenvalue weighted by Crippen LogP contribution is -2.22. The zero-order valence-electron chi connectivity index (χ0n) is 23.0. The standard InChI is InChI=1S/C30H33O9P/c1-6-17-38-18-19-39-20-21-13-15-22(16-14-21)40(33,29(31)27-23(34-2)9-7-10-24(27)35-3)30(32)28-25(36-4)11-8-12-26(28)37-5/h6-16H,1,17-20H2,2-5H3. The highest BCUT2D eigenvalue weighted by Gasteiger charge is 2.47. The van der Waals surface area contributed by atoms with Gasteiger partial charge in [0.15, 0.2) is 0 Å². The highest BCUT2D eigenvalue weighted by molar-refractivity contribution is 8.01. The molecule has 0 spiro atoms. The van der Waals surface area contributed by atoms with E-state index in [0.717, 1.165) is 5.56 Å². The second kappa shape index (κ2) is 14.5. The molecule has 0 unspecified atom stereocenters. The van der Waals surface area contributed by atoms with Gasteiger partial charge in [-0.25, -0.2) is 0 Å². The van der Waals surface area contributed by atoms with Gasteiger partial charge >= 0.3 is 0 Å². The second-order valence-corrected chi connectivity index (χ2v) is 10.9. The van der Waals surface area contributed by atoms with Crippen molar-refractivity contribution >= 4 is 23.5 Å². The SMILES string of the molecule is C=CCOCCOCc1ccc(P(=O)(C(=O)c2c(OC)cccc2OC)C(=O)c2c(OC)cccc2OC)cc1. The molecule has 9 nitrogen and oxygen atoms in total. The van der Waals surface area contributed by atoms with Crippen molar-refractivity contribution in [2.24, 2.45) is 0 Å². The average molecular weight is 569 g/mol. The topological polar surface area (TPSA) is 107 Å². The molecule has 0 bridgehead atoms. The first-order valence-corrected chi connectivity index (χ1v) is 14.1. The lowest BCUT2D eigenvalue weighted by Gasteiger charge is -2.21. The van der Waals surface area contributed by atoms with Gasteiger partial charge in [0, 0.05) is 5.30 Å². The van der Waals surface area contributed by atoms with Gasteiger partial charge in [-0.2, -0.15) is 0 Å². The zero-order valence-corrected chi connectivity index (χ0v) is 23.9. The molecule has 3 aromatic carbocycles. The molecule has 0 aromatic heterocycles. The Morgan fingerprint density at radius 1 is 0.700 bits per heavy atom. The Labute approximate surface area is 234 Å². The third-order valence-electron chi connectivity index (χ3n) is 6.03. The number of hydrogen-bond acceptors (Lipinski definition) is 9. The minimum atomic E-state index is -4.59. The van der Waals surface area contributed by atoms with Crippen molar-refractivity contribution in [2.75, 3.05) is 48.3 Å². The van der Waals surface area contributed by atoms with Crippen LogP contribution in [0.15, 0.2) is 73.3 Å². The van der Waals surface area contributed by atoms with Crippen molar-refractivity contribution in [3.05, 3.63) is 90.0 Å². The first-order valence-electron chi connectivity index (χ1n) is 12.3. The van der Waals surface area contributed by atoms with E-state index in [1.807, 2.05) is 0 Å². The van der Waals surface area contributed by atoms with Crippen LogP contribution in [0.3, 0.4) is 0 Å². The first-order chi connectivity index (χ1) is 19.4. The van der Waals surface area contributed by atoms with E-state index in [0.29, 0.717) is 19.8 Å². The third kappa shape index (κ3) is 6.45. The van der Waals surface area contributed by atoms with E-state index in [1.165, 1.54) is 64.8 Å². The van der Waals surface area contributed by atoms with Crippen molar-refractivity contribution in [1.82, 2.24) is 0 Å².